The van der Waals surface area contributed by atoms with Crippen molar-refractivity contribution >= 4 is 5.69 Å². The van der Waals surface area contributed by atoms with Crippen LogP contribution in [0.2, 0.25) is 0 Å². The molecule has 0 atom stereocenters. The van der Waals surface area contributed by atoms with E-state index < -0.39 is 0 Å². The first-order valence-corrected chi connectivity index (χ1v) is 7.07. The summed E-state index contributed by atoms with van der Waals surface area (Å²) in [7, 11) is 0. The molecule has 0 aromatic heterocycles. The van der Waals surface area contributed by atoms with Gasteiger partial charge in [-0.3, -0.25) is 0 Å². The summed E-state index contributed by atoms with van der Waals surface area (Å²) in [6.07, 6.45) is 0. The molecule has 0 unspecified atom stereocenters. The Kier molecular flexibility index (Phi) is 6.03. The van der Waals surface area contributed by atoms with E-state index in [4.69, 9.17) is 9.47 Å². The molecule has 2 aromatic carbocycles. The first-order chi connectivity index (χ1) is 10.3. The summed E-state index contributed by atoms with van der Waals surface area (Å²) >= 11 is 0. The Morgan fingerprint density at radius 3 is 2.71 bits per heavy atom. The Balaban J connectivity index is 1.87. The predicted octanol–water partition coefficient (Wildman–Crippen LogP) is 3.85. The number of rotatable bonds is 8. The second kappa shape index (κ2) is 8.27. The molecule has 21 heavy (non-hydrogen) atoms. The zero-order valence-corrected chi connectivity index (χ0v) is 12.1. The van der Waals surface area contributed by atoms with Crippen molar-refractivity contribution in [3.63, 3.8) is 0 Å². The SMILES string of the molecule is CCOCCOc1cccc(CNc2ccccc2F)c1. The van der Waals surface area contributed by atoms with E-state index in [1.54, 1.807) is 18.2 Å². The van der Waals surface area contributed by atoms with E-state index in [1.807, 2.05) is 31.2 Å². The monoisotopic (exact) mass is 289 g/mol. The van der Waals surface area contributed by atoms with Gasteiger partial charge in [0.05, 0.1) is 12.3 Å². The van der Waals surface area contributed by atoms with E-state index in [1.165, 1.54) is 6.07 Å². The maximum Gasteiger partial charge on any atom is 0.146 e. The third-order valence-electron chi connectivity index (χ3n) is 2.96. The summed E-state index contributed by atoms with van der Waals surface area (Å²) in [5.41, 5.74) is 1.53. The van der Waals surface area contributed by atoms with Crippen LogP contribution >= 0.6 is 0 Å². The van der Waals surface area contributed by atoms with Gasteiger partial charge >= 0.3 is 0 Å². The second-order valence-corrected chi connectivity index (χ2v) is 4.53. The van der Waals surface area contributed by atoms with Gasteiger partial charge in [0.25, 0.3) is 0 Å². The van der Waals surface area contributed by atoms with Crippen LogP contribution in [0.15, 0.2) is 48.5 Å². The Hall–Kier alpha value is -2.07. The lowest BCUT2D eigenvalue weighted by atomic mass is 10.2. The molecule has 0 saturated carbocycles. The van der Waals surface area contributed by atoms with E-state index in [9.17, 15) is 4.39 Å². The quantitative estimate of drug-likeness (QED) is 0.749. The third-order valence-corrected chi connectivity index (χ3v) is 2.96. The van der Waals surface area contributed by atoms with Crippen molar-refractivity contribution in [1.82, 2.24) is 0 Å². The van der Waals surface area contributed by atoms with Crippen LogP contribution in [-0.2, 0) is 11.3 Å². The first-order valence-electron chi connectivity index (χ1n) is 7.07. The zero-order chi connectivity index (χ0) is 14.9. The van der Waals surface area contributed by atoms with Crippen molar-refractivity contribution in [2.45, 2.75) is 13.5 Å². The number of para-hydroxylation sites is 1. The van der Waals surface area contributed by atoms with Crippen molar-refractivity contribution in [3.8, 4) is 5.75 Å². The summed E-state index contributed by atoms with van der Waals surface area (Å²) in [6, 6.07) is 14.4. The van der Waals surface area contributed by atoms with E-state index in [-0.39, 0.29) is 5.82 Å². The number of ether oxygens (including phenoxy) is 2. The largest absolute Gasteiger partial charge is 0.491 e. The smallest absolute Gasteiger partial charge is 0.146 e. The highest BCUT2D eigenvalue weighted by molar-refractivity contribution is 5.45. The van der Waals surface area contributed by atoms with Crippen LogP contribution in [0.25, 0.3) is 0 Å². The fourth-order valence-electron chi connectivity index (χ4n) is 1.91. The van der Waals surface area contributed by atoms with Gasteiger partial charge in [0, 0.05) is 13.2 Å². The summed E-state index contributed by atoms with van der Waals surface area (Å²) in [5.74, 6) is 0.546. The van der Waals surface area contributed by atoms with Crippen LogP contribution in [-0.4, -0.2) is 19.8 Å². The zero-order valence-electron chi connectivity index (χ0n) is 12.1. The van der Waals surface area contributed by atoms with E-state index in [2.05, 4.69) is 5.32 Å². The molecule has 2 aromatic rings. The number of hydrogen-bond acceptors (Lipinski definition) is 3. The van der Waals surface area contributed by atoms with E-state index >= 15 is 0 Å². The fourth-order valence-corrected chi connectivity index (χ4v) is 1.91. The molecule has 0 radical (unpaired) electrons. The van der Waals surface area contributed by atoms with Crippen LogP contribution in [0.5, 0.6) is 5.75 Å². The number of benzene rings is 2. The van der Waals surface area contributed by atoms with Crippen LogP contribution < -0.4 is 10.1 Å². The van der Waals surface area contributed by atoms with Gasteiger partial charge in [0.2, 0.25) is 0 Å². The van der Waals surface area contributed by atoms with Gasteiger partial charge in [0.1, 0.15) is 18.2 Å². The maximum atomic E-state index is 13.5. The lowest BCUT2D eigenvalue weighted by Gasteiger charge is -2.10. The van der Waals surface area contributed by atoms with Crippen molar-refractivity contribution in [3.05, 3.63) is 59.9 Å². The number of nitrogens with one attached hydrogen (secondary N) is 1. The molecule has 0 aliphatic carbocycles. The average molecular weight is 289 g/mol. The number of hydrogen-bond donors (Lipinski definition) is 1. The van der Waals surface area contributed by atoms with Crippen LogP contribution in [0.4, 0.5) is 10.1 Å². The van der Waals surface area contributed by atoms with Crippen molar-refractivity contribution in [2.24, 2.45) is 0 Å². The highest BCUT2D eigenvalue weighted by Crippen LogP contribution is 2.17. The average Bonchev–Trinajstić information content (AvgIpc) is 2.51. The third kappa shape index (κ3) is 5.08. The van der Waals surface area contributed by atoms with Crippen LogP contribution in [0.3, 0.4) is 0 Å². The molecule has 2 rings (SSSR count). The molecule has 0 heterocycles. The molecule has 0 aliphatic rings. The predicted molar refractivity (Wildman–Crippen MR) is 82.2 cm³/mol. The minimum Gasteiger partial charge on any atom is -0.491 e. The minimum atomic E-state index is -0.249. The Bertz CT molecular complexity index is 560. The van der Waals surface area contributed by atoms with Gasteiger partial charge in [-0.25, -0.2) is 4.39 Å². The van der Waals surface area contributed by atoms with Crippen LogP contribution in [0, 0.1) is 5.82 Å². The van der Waals surface area contributed by atoms with Gasteiger partial charge in [-0.2, -0.15) is 0 Å². The number of anilines is 1. The molecule has 0 bridgehead atoms. The molecular formula is C17H20FNO2. The molecule has 0 spiro atoms. The van der Waals surface area contributed by atoms with Crippen molar-refractivity contribution < 1.29 is 13.9 Å². The maximum absolute atomic E-state index is 13.5. The molecular weight excluding hydrogens is 269 g/mol. The molecule has 3 nitrogen and oxygen atoms in total. The summed E-state index contributed by atoms with van der Waals surface area (Å²) in [5, 5.41) is 3.08. The van der Waals surface area contributed by atoms with Crippen LogP contribution in [0.1, 0.15) is 12.5 Å². The summed E-state index contributed by atoms with van der Waals surface area (Å²) in [4.78, 5) is 0. The van der Waals surface area contributed by atoms with E-state index in [0.29, 0.717) is 32.1 Å². The molecule has 0 amide bonds. The second-order valence-electron chi connectivity index (χ2n) is 4.53. The molecule has 0 aliphatic heterocycles. The molecule has 1 N–H and O–H groups in total. The Morgan fingerprint density at radius 1 is 1.05 bits per heavy atom. The Labute approximate surface area is 124 Å². The van der Waals surface area contributed by atoms with Crippen molar-refractivity contribution in [1.29, 1.82) is 0 Å². The van der Waals surface area contributed by atoms with Gasteiger partial charge < -0.3 is 14.8 Å². The highest BCUT2D eigenvalue weighted by Gasteiger charge is 2.01. The Morgan fingerprint density at radius 2 is 1.90 bits per heavy atom. The summed E-state index contributed by atoms with van der Waals surface area (Å²) < 4.78 is 24.3. The van der Waals surface area contributed by atoms with Gasteiger partial charge in [-0.15, -0.1) is 0 Å². The number of halogens is 1. The molecule has 112 valence electrons. The summed E-state index contributed by atoms with van der Waals surface area (Å²) in [6.45, 7) is 4.29. The lowest BCUT2D eigenvalue weighted by molar-refractivity contribution is 0.110. The van der Waals surface area contributed by atoms with Gasteiger partial charge in [-0.05, 0) is 36.8 Å². The van der Waals surface area contributed by atoms with E-state index in [0.717, 1.165) is 11.3 Å². The highest BCUT2D eigenvalue weighted by atomic mass is 19.1. The van der Waals surface area contributed by atoms with Gasteiger partial charge in [0.15, 0.2) is 0 Å². The van der Waals surface area contributed by atoms with Crippen molar-refractivity contribution in [2.75, 3.05) is 25.1 Å². The topological polar surface area (TPSA) is 30.5 Å². The normalized spacial score (nSPS) is 10.4. The minimum absolute atomic E-state index is 0.249. The molecule has 4 heteroatoms. The fraction of sp³-hybridized carbons (Fsp3) is 0.294. The standard InChI is InChI=1S/C17H20FNO2/c1-2-20-10-11-21-15-7-5-6-14(12-15)13-19-17-9-4-3-8-16(17)18/h3-9,12,19H,2,10-11,13H2,1H3. The molecule has 0 fully saturated rings. The lowest BCUT2D eigenvalue weighted by Crippen LogP contribution is -2.07. The first kappa shape index (κ1) is 15.3. The molecule has 0 saturated heterocycles. The van der Waals surface area contributed by atoms with Gasteiger partial charge in [-0.1, -0.05) is 24.3 Å².